The van der Waals surface area contributed by atoms with E-state index in [-0.39, 0.29) is 0 Å². The first-order valence-corrected chi connectivity index (χ1v) is 9.15. The van der Waals surface area contributed by atoms with Crippen molar-refractivity contribution in [3.05, 3.63) is 60.2 Å². The summed E-state index contributed by atoms with van der Waals surface area (Å²) in [6, 6.07) is 17.8. The minimum atomic E-state index is 0.618. The maximum Gasteiger partial charge on any atom is 0.191 e. The fraction of sp³-hybridized carbons (Fsp3) is 0.381. The molecule has 0 unspecified atom stereocenters. The minimum Gasteiger partial charge on any atom is -0.457 e. The number of para-hydroxylation sites is 2. The van der Waals surface area contributed by atoms with Crippen LogP contribution in [0.25, 0.3) is 0 Å². The Labute approximate surface area is 161 Å². The van der Waals surface area contributed by atoms with Crippen LogP contribution in [-0.4, -0.2) is 46.5 Å². The summed E-state index contributed by atoms with van der Waals surface area (Å²) < 4.78 is 16.4. The summed E-state index contributed by atoms with van der Waals surface area (Å²) in [5.41, 5.74) is 1.06. The summed E-state index contributed by atoms with van der Waals surface area (Å²) in [5.74, 6) is 2.40. The fourth-order valence-electron chi connectivity index (χ4n) is 2.39. The first-order valence-electron chi connectivity index (χ1n) is 9.15. The Morgan fingerprint density at radius 2 is 1.70 bits per heavy atom. The molecule has 0 spiro atoms. The number of nitrogens with one attached hydrogen (secondary N) is 2. The van der Waals surface area contributed by atoms with Gasteiger partial charge in [0.05, 0.1) is 13.2 Å². The average Bonchev–Trinajstić information content (AvgIpc) is 2.71. The Morgan fingerprint density at radius 1 is 0.926 bits per heavy atom. The van der Waals surface area contributed by atoms with E-state index in [1.807, 2.05) is 54.6 Å². The van der Waals surface area contributed by atoms with E-state index < -0.39 is 0 Å². The van der Waals surface area contributed by atoms with Gasteiger partial charge in [-0.2, -0.15) is 0 Å². The van der Waals surface area contributed by atoms with Gasteiger partial charge in [-0.1, -0.05) is 36.4 Å². The van der Waals surface area contributed by atoms with Crippen LogP contribution in [0.15, 0.2) is 59.6 Å². The SMILES string of the molecule is CN=C(NCCCOCCOC)NCc1ccccc1Oc1ccccc1. The highest BCUT2D eigenvalue weighted by molar-refractivity contribution is 5.79. The number of guanidine groups is 1. The molecule has 0 saturated heterocycles. The minimum absolute atomic E-state index is 0.618. The van der Waals surface area contributed by atoms with Gasteiger partial charge < -0.3 is 24.8 Å². The van der Waals surface area contributed by atoms with E-state index in [0.717, 1.165) is 36.0 Å². The fourth-order valence-corrected chi connectivity index (χ4v) is 2.39. The number of aliphatic imine (C=N–C) groups is 1. The predicted octanol–water partition coefficient (Wildman–Crippen LogP) is 3.20. The van der Waals surface area contributed by atoms with Gasteiger partial charge in [-0.15, -0.1) is 0 Å². The van der Waals surface area contributed by atoms with Crippen molar-refractivity contribution in [2.24, 2.45) is 4.99 Å². The van der Waals surface area contributed by atoms with Crippen molar-refractivity contribution in [1.29, 1.82) is 0 Å². The molecule has 2 rings (SSSR count). The van der Waals surface area contributed by atoms with Crippen LogP contribution in [0.1, 0.15) is 12.0 Å². The lowest BCUT2D eigenvalue weighted by Crippen LogP contribution is -2.37. The Bertz CT molecular complexity index is 677. The van der Waals surface area contributed by atoms with E-state index in [2.05, 4.69) is 15.6 Å². The molecular weight excluding hydrogens is 342 g/mol. The van der Waals surface area contributed by atoms with Crippen molar-refractivity contribution in [1.82, 2.24) is 10.6 Å². The molecule has 0 atom stereocenters. The van der Waals surface area contributed by atoms with Gasteiger partial charge in [0, 0.05) is 39.4 Å². The van der Waals surface area contributed by atoms with Crippen LogP contribution < -0.4 is 15.4 Å². The van der Waals surface area contributed by atoms with E-state index in [1.54, 1.807) is 14.2 Å². The molecule has 0 bridgehead atoms. The molecule has 0 aliphatic rings. The molecule has 2 aromatic carbocycles. The summed E-state index contributed by atoms with van der Waals surface area (Å²) in [6.45, 7) is 3.35. The summed E-state index contributed by atoms with van der Waals surface area (Å²) in [5, 5.41) is 6.61. The number of methoxy groups -OCH3 is 1. The van der Waals surface area contributed by atoms with Gasteiger partial charge in [0.2, 0.25) is 0 Å². The zero-order valence-electron chi connectivity index (χ0n) is 16.1. The lowest BCUT2D eigenvalue weighted by atomic mass is 10.2. The summed E-state index contributed by atoms with van der Waals surface area (Å²) >= 11 is 0. The largest absolute Gasteiger partial charge is 0.457 e. The monoisotopic (exact) mass is 371 g/mol. The molecule has 2 N–H and O–H groups in total. The zero-order valence-corrected chi connectivity index (χ0v) is 16.1. The first kappa shape index (κ1) is 20.7. The molecule has 0 amide bonds. The quantitative estimate of drug-likeness (QED) is 0.361. The Balaban J connectivity index is 1.77. The Hall–Kier alpha value is -2.57. The van der Waals surface area contributed by atoms with Crippen molar-refractivity contribution < 1.29 is 14.2 Å². The maximum atomic E-state index is 5.99. The molecule has 146 valence electrons. The molecule has 0 saturated carbocycles. The van der Waals surface area contributed by atoms with Crippen molar-refractivity contribution in [3.8, 4) is 11.5 Å². The van der Waals surface area contributed by atoms with Gasteiger partial charge in [-0.25, -0.2) is 0 Å². The van der Waals surface area contributed by atoms with E-state index in [0.29, 0.717) is 26.4 Å². The normalized spacial score (nSPS) is 11.3. The van der Waals surface area contributed by atoms with Crippen molar-refractivity contribution in [2.45, 2.75) is 13.0 Å². The van der Waals surface area contributed by atoms with Crippen molar-refractivity contribution in [3.63, 3.8) is 0 Å². The van der Waals surface area contributed by atoms with Crippen molar-refractivity contribution >= 4 is 5.96 Å². The lowest BCUT2D eigenvalue weighted by molar-refractivity contribution is 0.0698. The van der Waals surface area contributed by atoms with E-state index >= 15 is 0 Å². The highest BCUT2D eigenvalue weighted by Gasteiger charge is 2.05. The van der Waals surface area contributed by atoms with Crippen LogP contribution in [0.3, 0.4) is 0 Å². The number of rotatable bonds is 11. The number of ether oxygens (including phenoxy) is 3. The number of nitrogens with zero attached hydrogens (tertiary/aromatic N) is 1. The predicted molar refractivity (Wildman–Crippen MR) is 108 cm³/mol. The Morgan fingerprint density at radius 3 is 2.48 bits per heavy atom. The van der Waals surface area contributed by atoms with Gasteiger partial charge >= 0.3 is 0 Å². The highest BCUT2D eigenvalue weighted by Crippen LogP contribution is 2.24. The van der Waals surface area contributed by atoms with Gasteiger partial charge in [0.15, 0.2) is 5.96 Å². The molecule has 6 heteroatoms. The van der Waals surface area contributed by atoms with Crippen LogP contribution in [0, 0.1) is 0 Å². The third kappa shape index (κ3) is 8.11. The zero-order chi connectivity index (χ0) is 19.2. The second-order valence-electron chi connectivity index (χ2n) is 5.83. The molecule has 0 aromatic heterocycles. The molecule has 0 aliphatic heterocycles. The molecule has 0 aliphatic carbocycles. The van der Waals surface area contributed by atoms with Crippen LogP contribution in [0.4, 0.5) is 0 Å². The topological polar surface area (TPSA) is 64.1 Å². The van der Waals surface area contributed by atoms with Crippen LogP contribution >= 0.6 is 0 Å². The summed E-state index contributed by atoms with van der Waals surface area (Å²) in [6.07, 6.45) is 0.901. The number of hydrogen-bond acceptors (Lipinski definition) is 4. The molecule has 6 nitrogen and oxygen atoms in total. The van der Waals surface area contributed by atoms with Crippen LogP contribution in [0.5, 0.6) is 11.5 Å². The second-order valence-corrected chi connectivity index (χ2v) is 5.83. The average molecular weight is 371 g/mol. The number of hydrogen-bond donors (Lipinski definition) is 2. The van der Waals surface area contributed by atoms with Gasteiger partial charge in [0.25, 0.3) is 0 Å². The standard InChI is InChI=1S/C21H29N3O3/c1-22-21(23-13-8-14-26-16-15-25-2)24-17-18-9-6-7-12-20(18)27-19-10-4-3-5-11-19/h3-7,9-12H,8,13-17H2,1-2H3,(H2,22,23,24). The van der Waals surface area contributed by atoms with Gasteiger partial charge in [-0.05, 0) is 24.6 Å². The van der Waals surface area contributed by atoms with Crippen molar-refractivity contribution in [2.75, 3.05) is 40.5 Å². The molecule has 0 heterocycles. The van der Waals surface area contributed by atoms with E-state index in [9.17, 15) is 0 Å². The van der Waals surface area contributed by atoms with Gasteiger partial charge in [-0.3, -0.25) is 4.99 Å². The smallest absolute Gasteiger partial charge is 0.191 e. The third-order valence-electron chi connectivity index (χ3n) is 3.80. The molecule has 2 aromatic rings. The molecule has 27 heavy (non-hydrogen) atoms. The third-order valence-corrected chi connectivity index (χ3v) is 3.80. The van der Waals surface area contributed by atoms with Gasteiger partial charge in [0.1, 0.15) is 11.5 Å². The molecular formula is C21H29N3O3. The highest BCUT2D eigenvalue weighted by atomic mass is 16.5. The summed E-state index contributed by atoms with van der Waals surface area (Å²) in [4.78, 5) is 4.26. The number of benzene rings is 2. The molecule has 0 radical (unpaired) electrons. The second kappa shape index (κ2) is 12.7. The van der Waals surface area contributed by atoms with E-state index in [1.165, 1.54) is 0 Å². The van der Waals surface area contributed by atoms with Crippen LogP contribution in [0.2, 0.25) is 0 Å². The van der Waals surface area contributed by atoms with E-state index in [4.69, 9.17) is 14.2 Å². The Kier molecular flexibility index (Phi) is 9.78. The maximum absolute atomic E-state index is 5.99. The summed E-state index contributed by atoms with van der Waals surface area (Å²) in [7, 11) is 3.43. The first-order chi connectivity index (χ1) is 13.3. The van der Waals surface area contributed by atoms with Crippen LogP contribution in [-0.2, 0) is 16.0 Å². The lowest BCUT2D eigenvalue weighted by Gasteiger charge is -2.14. The molecule has 0 fully saturated rings.